The molecule has 6 atom stereocenters. The number of hydrogen-bond acceptors (Lipinski definition) is 6. The topological polar surface area (TPSA) is 141 Å². The van der Waals surface area contributed by atoms with Gasteiger partial charge in [-0.25, -0.2) is 4.79 Å². The molecule has 10 heteroatoms. The summed E-state index contributed by atoms with van der Waals surface area (Å²) in [4.78, 5) is 54.3. The van der Waals surface area contributed by atoms with Gasteiger partial charge in [-0.1, -0.05) is 39.5 Å². The lowest BCUT2D eigenvalue weighted by atomic mass is 9.83. The Morgan fingerprint density at radius 2 is 1.74 bits per heavy atom. The van der Waals surface area contributed by atoms with Crippen molar-refractivity contribution in [2.75, 3.05) is 7.05 Å². The molecule has 1 aliphatic carbocycles. The van der Waals surface area contributed by atoms with E-state index in [-0.39, 0.29) is 23.7 Å². The van der Waals surface area contributed by atoms with E-state index in [1.54, 1.807) is 25.8 Å². The molecule has 1 aromatic heterocycles. The number of carbonyl (C=O) groups is 4. The van der Waals surface area contributed by atoms with Crippen molar-refractivity contribution in [3.8, 4) is 0 Å². The third kappa shape index (κ3) is 6.76. The van der Waals surface area contributed by atoms with Crippen molar-refractivity contribution in [1.29, 1.82) is 0 Å². The molecule has 2 heterocycles. The van der Waals surface area contributed by atoms with E-state index in [1.807, 2.05) is 26.0 Å². The third-order valence-corrected chi connectivity index (χ3v) is 8.32. The van der Waals surface area contributed by atoms with Crippen LogP contribution in [0.3, 0.4) is 0 Å². The second-order valence-corrected chi connectivity index (χ2v) is 10.9. The summed E-state index contributed by atoms with van der Waals surface area (Å²) in [5, 5.41) is 18.4. The number of aryl methyl sites for hydroxylation is 1. The molecule has 1 saturated carbocycles. The Kier molecular flexibility index (Phi) is 10.4. The molecule has 212 valence electrons. The van der Waals surface area contributed by atoms with Crippen LogP contribution in [0.4, 0.5) is 0 Å². The van der Waals surface area contributed by atoms with Crippen molar-refractivity contribution in [2.24, 2.45) is 11.8 Å². The molecule has 1 aliphatic heterocycles. The highest BCUT2D eigenvalue weighted by Crippen LogP contribution is 2.39. The van der Waals surface area contributed by atoms with Gasteiger partial charge in [0.25, 0.3) is 0 Å². The Morgan fingerprint density at radius 1 is 1.05 bits per heavy atom. The first-order chi connectivity index (χ1) is 18.1. The Morgan fingerprint density at radius 3 is 2.29 bits per heavy atom. The number of likely N-dealkylation sites (tertiary alicyclic amines) is 1. The predicted molar refractivity (Wildman–Crippen MR) is 142 cm³/mol. The number of rotatable bonds is 11. The van der Waals surface area contributed by atoms with Crippen LogP contribution in [-0.2, 0) is 19.2 Å². The van der Waals surface area contributed by atoms with E-state index in [1.165, 1.54) is 0 Å². The molecule has 2 aliphatic rings. The number of aliphatic carboxylic acids is 1. The van der Waals surface area contributed by atoms with Crippen molar-refractivity contribution in [3.05, 3.63) is 23.7 Å². The highest BCUT2D eigenvalue weighted by atomic mass is 16.4. The van der Waals surface area contributed by atoms with Crippen LogP contribution in [0.5, 0.6) is 0 Å². The predicted octanol–water partition coefficient (Wildman–Crippen LogP) is 2.91. The minimum Gasteiger partial charge on any atom is -0.480 e. The van der Waals surface area contributed by atoms with Gasteiger partial charge in [-0.2, -0.15) is 0 Å². The lowest BCUT2D eigenvalue weighted by molar-refractivity contribution is -0.148. The Labute approximate surface area is 225 Å². The standard InChI is InChI=1S/C28H44N4O6/c1-6-16(2)23(28(36)37)30-26(34)21-14-13-20(22-15-12-17(3)38-22)32(21)27(35)24(19-10-8-7-9-11-19)31-25(33)18(4)29-5/h12,15-16,18-21,23-24,29H,6-11,13-14H2,1-5H3,(H,30,34)(H,31,33)(H,36,37)/t16?,18?,20-,21+,23?,24?/m1/s1. The van der Waals surface area contributed by atoms with Crippen molar-refractivity contribution >= 4 is 23.7 Å². The van der Waals surface area contributed by atoms with Gasteiger partial charge in [0.05, 0.1) is 12.1 Å². The van der Waals surface area contributed by atoms with Gasteiger partial charge < -0.3 is 30.4 Å². The van der Waals surface area contributed by atoms with Crippen LogP contribution in [-0.4, -0.2) is 64.9 Å². The summed E-state index contributed by atoms with van der Waals surface area (Å²) < 4.78 is 5.90. The molecule has 0 radical (unpaired) electrons. The first-order valence-electron chi connectivity index (χ1n) is 14.0. The summed E-state index contributed by atoms with van der Waals surface area (Å²) in [7, 11) is 1.69. The largest absolute Gasteiger partial charge is 0.480 e. The number of nitrogens with zero attached hydrogens (tertiary/aromatic N) is 1. The zero-order valence-corrected chi connectivity index (χ0v) is 23.3. The second kappa shape index (κ2) is 13.3. The molecule has 2 fully saturated rings. The highest BCUT2D eigenvalue weighted by molar-refractivity contribution is 5.95. The fourth-order valence-electron chi connectivity index (χ4n) is 5.64. The maximum atomic E-state index is 14.4. The van der Waals surface area contributed by atoms with E-state index < -0.39 is 42.1 Å². The number of carbonyl (C=O) groups excluding carboxylic acids is 3. The second-order valence-electron chi connectivity index (χ2n) is 10.9. The van der Waals surface area contributed by atoms with Crippen molar-refractivity contribution < 1.29 is 28.7 Å². The van der Waals surface area contributed by atoms with E-state index >= 15 is 0 Å². The molecule has 4 unspecified atom stereocenters. The molecule has 0 bridgehead atoms. The maximum absolute atomic E-state index is 14.4. The number of carboxylic acid groups (broad SMARTS) is 1. The molecule has 3 rings (SSSR count). The average Bonchev–Trinajstić information content (AvgIpc) is 3.55. The van der Waals surface area contributed by atoms with Crippen LogP contribution < -0.4 is 16.0 Å². The smallest absolute Gasteiger partial charge is 0.326 e. The summed E-state index contributed by atoms with van der Waals surface area (Å²) in [6.45, 7) is 7.21. The summed E-state index contributed by atoms with van der Waals surface area (Å²) in [5.41, 5.74) is 0. The third-order valence-electron chi connectivity index (χ3n) is 8.32. The van der Waals surface area contributed by atoms with Crippen LogP contribution in [0.2, 0.25) is 0 Å². The fraction of sp³-hybridized carbons (Fsp3) is 0.714. The molecule has 3 amide bonds. The van der Waals surface area contributed by atoms with E-state index in [4.69, 9.17) is 4.42 Å². The molecule has 0 aromatic carbocycles. The normalized spacial score (nSPS) is 23.3. The van der Waals surface area contributed by atoms with Gasteiger partial charge in [-0.15, -0.1) is 0 Å². The summed E-state index contributed by atoms with van der Waals surface area (Å²) in [6.07, 6.45) is 6.12. The van der Waals surface area contributed by atoms with Gasteiger partial charge in [0.1, 0.15) is 29.6 Å². The molecule has 10 nitrogen and oxygen atoms in total. The minimum atomic E-state index is -1.10. The lowest BCUT2D eigenvalue weighted by Crippen LogP contribution is -2.59. The van der Waals surface area contributed by atoms with E-state index in [0.717, 1.165) is 32.1 Å². The van der Waals surface area contributed by atoms with E-state index in [2.05, 4.69) is 16.0 Å². The fourth-order valence-corrected chi connectivity index (χ4v) is 5.64. The Hall–Kier alpha value is -2.88. The molecule has 0 spiro atoms. The van der Waals surface area contributed by atoms with Crippen LogP contribution in [0, 0.1) is 18.8 Å². The zero-order valence-electron chi connectivity index (χ0n) is 23.3. The lowest BCUT2D eigenvalue weighted by Gasteiger charge is -2.37. The van der Waals surface area contributed by atoms with Gasteiger partial charge >= 0.3 is 5.97 Å². The number of amides is 3. The quantitative estimate of drug-likeness (QED) is 0.343. The number of likely N-dealkylation sites (N-methyl/N-ethyl adjacent to an activating group) is 1. The molecule has 1 saturated heterocycles. The summed E-state index contributed by atoms with van der Waals surface area (Å²) in [5.74, 6) is -1.22. The van der Waals surface area contributed by atoms with Gasteiger partial charge in [-0.05, 0) is 70.5 Å². The van der Waals surface area contributed by atoms with Crippen LogP contribution >= 0.6 is 0 Å². The van der Waals surface area contributed by atoms with Crippen molar-refractivity contribution in [2.45, 2.75) is 109 Å². The molecular formula is C28H44N4O6. The van der Waals surface area contributed by atoms with E-state index in [9.17, 15) is 24.3 Å². The zero-order chi connectivity index (χ0) is 28.0. The van der Waals surface area contributed by atoms with Gasteiger partial charge in [0.2, 0.25) is 17.7 Å². The molecule has 4 N–H and O–H groups in total. The maximum Gasteiger partial charge on any atom is 0.326 e. The van der Waals surface area contributed by atoms with Crippen LogP contribution in [0.15, 0.2) is 16.5 Å². The number of carboxylic acids is 1. The van der Waals surface area contributed by atoms with Crippen molar-refractivity contribution in [3.63, 3.8) is 0 Å². The van der Waals surface area contributed by atoms with Crippen LogP contribution in [0.25, 0.3) is 0 Å². The summed E-state index contributed by atoms with van der Waals surface area (Å²) >= 11 is 0. The monoisotopic (exact) mass is 532 g/mol. The number of furan rings is 1. The highest BCUT2D eigenvalue weighted by Gasteiger charge is 2.47. The Bertz CT molecular complexity index is 988. The first-order valence-corrected chi connectivity index (χ1v) is 14.0. The summed E-state index contributed by atoms with van der Waals surface area (Å²) in [6, 6.07) is -0.0324. The van der Waals surface area contributed by atoms with E-state index in [0.29, 0.717) is 30.8 Å². The molecule has 1 aromatic rings. The van der Waals surface area contributed by atoms with Gasteiger partial charge in [0.15, 0.2) is 0 Å². The first kappa shape index (κ1) is 29.7. The van der Waals surface area contributed by atoms with Gasteiger partial charge in [-0.3, -0.25) is 14.4 Å². The average molecular weight is 533 g/mol. The van der Waals surface area contributed by atoms with Gasteiger partial charge in [0, 0.05) is 0 Å². The SMILES string of the molecule is CCC(C)C(NC(=O)[C@@H]1CC[C@H](c2ccc(C)o2)N1C(=O)C(NC(=O)C(C)NC)C1CCCCC1)C(=O)O. The number of nitrogens with one attached hydrogen (secondary N) is 3. The number of hydrogen-bond donors (Lipinski definition) is 4. The molecular weight excluding hydrogens is 488 g/mol. The minimum absolute atomic E-state index is 0.0422. The van der Waals surface area contributed by atoms with Crippen molar-refractivity contribution in [1.82, 2.24) is 20.9 Å². The molecule has 38 heavy (non-hydrogen) atoms. The Balaban J connectivity index is 1.96. The van der Waals surface area contributed by atoms with Crippen LogP contribution in [0.1, 0.15) is 89.7 Å².